The zero-order valence-electron chi connectivity index (χ0n) is 11.3. The molecule has 0 radical (unpaired) electrons. The minimum absolute atomic E-state index is 0.0725. The topological polar surface area (TPSA) is 64.2 Å². The highest BCUT2D eigenvalue weighted by atomic mass is 16.2. The van der Waals surface area contributed by atoms with Crippen LogP contribution in [0.3, 0.4) is 0 Å². The van der Waals surface area contributed by atoms with E-state index in [0.717, 1.165) is 36.5 Å². The average molecular weight is 270 g/mol. The van der Waals surface area contributed by atoms with Gasteiger partial charge in [0.05, 0.1) is 6.54 Å². The summed E-state index contributed by atoms with van der Waals surface area (Å²) < 4.78 is 2.09. The largest absolute Gasteiger partial charge is 0.332 e. The van der Waals surface area contributed by atoms with Gasteiger partial charge >= 0.3 is 0 Å². The highest BCUT2D eigenvalue weighted by molar-refractivity contribution is 5.95. The molecule has 0 bridgehead atoms. The van der Waals surface area contributed by atoms with Crippen molar-refractivity contribution in [3.63, 3.8) is 0 Å². The third kappa shape index (κ3) is 2.32. The molecule has 2 heterocycles. The molecule has 0 unspecified atom stereocenters. The van der Waals surface area contributed by atoms with E-state index in [1.54, 1.807) is 6.20 Å². The van der Waals surface area contributed by atoms with Gasteiger partial charge in [0.2, 0.25) is 0 Å². The third-order valence-electron chi connectivity index (χ3n) is 3.69. The summed E-state index contributed by atoms with van der Waals surface area (Å²) >= 11 is 0. The van der Waals surface area contributed by atoms with Crippen LogP contribution >= 0.6 is 0 Å². The van der Waals surface area contributed by atoms with E-state index in [2.05, 4.69) is 9.55 Å². The number of hydrogen-bond donors (Lipinski definition) is 1. The minimum Gasteiger partial charge on any atom is -0.332 e. The first-order chi connectivity index (χ1) is 9.79. The van der Waals surface area contributed by atoms with E-state index >= 15 is 0 Å². The third-order valence-corrected chi connectivity index (χ3v) is 3.69. The normalized spacial score (nSPS) is 14.2. The number of hydrogen-bond acceptors (Lipinski definition) is 3. The Labute approximate surface area is 118 Å². The van der Waals surface area contributed by atoms with Crippen LogP contribution < -0.4 is 5.73 Å². The first-order valence-corrected chi connectivity index (χ1v) is 6.87. The van der Waals surface area contributed by atoms with Gasteiger partial charge in [0.15, 0.2) is 0 Å². The summed E-state index contributed by atoms with van der Waals surface area (Å²) in [5.41, 5.74) is 7.40. The highest BCUT2D eigenvalue weighted by Crippen LogP contribution is 2.17. The molecule has 2 aromatic rings. The van der Waals surface area contributed by atoms with E-state index < -0.39 is 0 Å². The lowest BCUT2D eigenvalue weighted by Crippen LogP contribution is -2.38. The Morgan fingerprint density at radius 2 is 2.15 bits per heavy atom. The number of carbonyl (C=O) groups excluding carboxylic acids is 1. The van der Waals surface area contributed by atoms with Crippen molar-refractivity contribution in [2.24, 2.45) is 5.73 Å². The van der Waals surface area contributed by atoms with Crippen LogP contribution in [0.5, 0.6) is 0 Å². The van der Waals surface area contributed by atoms with E-state index in [-0.39, 0.29) is 5.91 Å². The van der Waals surface area contributed by atoms with Crippen LogP contribution in [0.2, 0.25) is 0 Å². The first kappa shape index (κ1) is 12.9. The van der Waals surface area contributed by atoms with Gasteiger partial charge in [-0.05, 0) is 24.6 Å². The van der Waals surface area contributed by atoms with Crippen molar-refractivity contribution in [2.75, 3.05) is 13.1 Å². The second-order valence-corrected chi connectivity index (χ2v) is 4.96. The second kappa shape index (κ2) is 5.46. The number of amides is 1. The molecular formula is C15H18N4O. The van der Waals surface area contributed by atoms with Crippen molar-refractivity contribution in [1.82, 2.24) is 14.5 Å². The molecule has 0 atom stereocenters. The molecule has 1 aromatic heterocycles. The van der Waals surface area contributed by atoms with Gasteiger partial charge in [-0.2, -0.15) is 0 Å². The molecule has 1 aliphatic heterocycles. The lowest BCUT2D eigenvalue weighted by Gasteiger charge is -2.28. The number of benzene rings is 1. The maximum Gasteiger partial charge on any atom is 0.254 e. The number of nitrogens with two attached hydrogens (primary N) is 1. The van der Waals surface area contributed by atoms with E-state index in [1.807, 2.05) is 35.4 Å². The van der Waals surface area contributed by atoms with Gasteiger partial charge < -0.3 is 15.2 Å². The van der Waals surface area contributed by atoms with Crippen molar-refractivity contribution < 1.29 is 4.79 Å². The highest BCUT2D eigenvalue weighted by Gasteiger charge is 2.23. The summed E-state index contributed by atoms with van der Waals surface area (Å²) in [6.45, 7) is 2.65. The summed E-state index contributed by atoms with van der Waals surface area (Å²) in [7, 11) is 0. The van der Waals surface area contributed by atoms with Crippen molar-refractivity contribution in [3.8, 4) is 0 Å². The van der Waals surface area contributed by atoms with Gasteiger partial charge in [0.1, 0.15) is 5.82 Å². The predicted octanol–water partition coefficient (Wildman–Crippen LogP) is 1.04. The molecule has 1 aromatic carbocycles. The summed E-state index contributed by atoms with van der Waals surface area (Å²) in [5, 5.41) is 0. The fraction of sp³-hybridized carbons (Fsp3) is 0.333. The molecule has 104 valence electrons. The van der Waals surface area contributed by atoms with Crippen LogP contribution in [0.25, 0.3) is 0 Å². The zero-order valence-corrected chi connectivity index (χ0v) is 11.3. The lowest BCUT2D eigenvalue weighted by atomic mass is 10.0. The molecule has 0 aliphatic carbocycles. The summed E-state index contributed by atoms with van der Waals surface area (Å²) in [6.07, 6.45) is 4.47. The predicted molar refractivity (Wildman–Crippen MR) is 76.2 cm³/mol. The second-order valence-electron chi connectivity index (χ2n) is 4.96. The molecule has 1 amide bonds. The minimum atomic E-state index is 0.0725. The molecule has 5 nitrogen and oxygen atoms in total. The van der Waals surface area contributed by atoms with Gasteiger partial charge in [0.25, 0.3) is 5.91 Å². The molecular weight excluding hydrogens is 252 g/mol. The summed E-state index contributed by atoms with van der Waals surface area (Å²) in [4.78, 5) is 18.8. The van der Waals surface area contributed by atoms with Crippen LogP contribution in [0.4, 0.5) is 0 Å². The van der Waals surface area contributed by atoms with E-state index in [1.165, 1.54) is 0 Å². The molecule has 0 saturated heterocycles. The van der Waals surface area contributed by atoms with Crippen molar-refractivity contribution >= 4 is 5.91 Å². The Balaban J connectivity index is 1.83. The van der Waals surface area contributed by atoms with E-state index in [9.17, 15) is 4.79 Å². The molecule has 0 spiro atoms. The Morgan fingerprint density at radius 1 is 1.30 bits per heavy atom. The molecule has 20 heavy (non-hydrogen) atoms. The van der Waals surface area contributed by atoms with Crippen LogP contribution in [0.15, 0.2) is 36.7 Å². The number of fused-ring (bicyclic) bond motifs is 1. The molecule has 1 aliphatic rings. The smallest absolute Gasteiger partial charge is 0.254 e. The number of carbonyl (C=O) groups is 1. The Morgan fingerprint density at radius 3 is 3.00 bits per heavy atom. The van der Waals surface area contributed by atoms with Gasteiger partial charge in [0, 0.05) is 31.0 Å². The molecule has 0 fully saturated rings. The fourth-order valence-corrected chi connectivity index (χ4v) is 2.62. The Hall–Kier alpha value is -2.14. The van der Waals surface area contributed by atoms with Gasteiger partial charge in [-0.25, -0.2) is 4.98 Å². The van der Waals surface area contributed by atoms with Gasteiger partial charge in [-0.1, -0.05) is 18.2 Å². The first-order valence-electron chi connectivity index (χ1n) is 6.87. The van der Waals surface area contributed by atoms with Crippen molar-refractivity contribution in [3.05, 3.63) is 53.6 Å². The average Bonchev–Trinajstić information content (AvgIpc) is 2.95. The number of aromatic nitrogens is 2. The Bertz CT molecular complexity index is 620. The van der Waals surface area contributed by atoms with Gasteiger partial charge in [-0.3, -0.25) is 4.79 Å². The lowest BCUT2D eigenvalue weighted by molar-refractivity contribution is 0.0706. The molecule has 2 N–H and O–H groups in total. The maximum atomic E-state index is 12.7. The fourth-order valence-electron chi connectivity index (χ4n) is 2.62. The molecule has 0 saturated carbocycles. The zero-order chi connectivity index (χ0) is 13.9. The van der Waals surface area contributed by atoms with Crippen LogP contribution in [-0.2, 0) is 19.5 Å². The summed E-state index contributed by atoms with van der Waals surface area (Å²) in [6, 6.07) is 7.71. The van der Waals surface area contributed by atoms with Crippen molar-refractivity contribution in [2.45, 2.75) is 19.5 Å². The standard InChI is InChI=1S/C15H18N4O/c16-6-5-12-3-1-2-4-13(12)15(20)19-10-9-18-8-7-17-14(18)11-19/h1-4,7-8H,5-6,9-11,16H2. The SMILES string of the molecule is NCCc1ccccc1C(=O)N1CCn2ccnc2C1. The van der Waals surface area contributed by atoms with E-state index in [0.29, 0.717) is 13.1 Å². The van der Waals surface area contributed by atoms with E-state index in [4.69, 9.17) is 5.73 Å². The maximum absolute atomic E-state index is 12.7. The monoisotopic (exact) mass is 270 g/mol. The summed E-state index contributed by atoms with van der Waals surface area (Å²) in [5.74, 6) is 1.02. The number of imidazole rings is 1. The van der Waals surface area contributed by atoms with Crippen LogP contribution in [0.1, 0.15) is 21.7 Å². The van der Waals surface area contributed by atoms with Crippen LogP contribution in [0, 0.1) is 0 Å². The van der Waals surface area contributed by atoms with Crippen LogP contribution in [-0.4, -0.2) is 33.4 Å². The molecule has 3 rings (SSSR count). The number of rotatable bonds is 3. The Kier molecular flexibility index (Phi) is 3.52. The quantitative estimate of drug-likeness (QED) is 0.906. The molecule has 5 heteroatoms. The number of nitrogens with zero attached hydrogens (tertiary/aromatic N) is 3. The van der Waals surface area contributed by atoms with Crippen molar-refractivity contribution in [1.29, 1.82) is 0 Å². The van der Waals surface area contributed by atoms with Gasteiger partial charge in [-0.15, -0.1) is 0 Å².